The average Bonchev–Trinajstić information content (AvgIpc) is 2.91. The summed E-state index contributed by atoms with van der Waals surface area (Å²) in [6, 6.07) is -1.06. The van der Waals surface area contributed by atoms with Gasteiger partial charge < -0.3 is 13.8 Å². The summed E-state index contributed by atoms with van der Waals surface area (Å²) in [5, 5.41) is -1.77. The number of likely N-dealkylation sites (tertiary alicyclic amines) is 1. The first-order valence-electron chi connectivity index (χ1n) is 7.19. The molecule has 1 aliphatic carbocycles. The molecule has 0 bridgehead atoms. The molecule has 9 heteroatoms. The number of imide groups is 1. The summed E-state index contributed by atoms with van der Waals surface area (Å²) in [4.78, 5) is 37.8. The van der Waals surface area contributed by atoms with Gasteiger partial charge in [0.2, 0.25) is 11.8 Å². The second kappa shape index (κ2) is 6.55. The van der Waals surface area contributed by atoms with Crippen molar-refractivity contribution in [1.82, 2.24) is 4.90 Å². The van der Waals surface area contributed by atoms with E-state index in [1.807, 2.05) is 0 Å². The van der Waals surface area contributed by atoms with Gasteiger partial charge in [0, 0.05) is 27.1 Å². The molecule has 0 aromatic carbocycles. The van der Waals surface area contributed by atoms with E-state index >= 15 is 0 Å². The summed E-state index contributed by atoms with van der Waals surface area (Å²) in [7, 11) is -0.509. The van der Waals surface area contributed by atoms with Gasteiger partial charge in [-0.2, -0.15) is 0 Å². The van der Waals surface area contributed by atoms with Gasteiger partial charge in [0.05, 0.1) is 13.2 Å². The topological polar surface area (TPSA) is 99.2 Å². The molecule has 1 heterocycles. The summed E-state index contributed by atoms with van der Waals surface area (Å²) in [6.07, 6.45) is 3.89. The number of allylic oxidation sites excluding steroid dienone is 1. The third-order valence-electron chi connectivity index (χ3n) is 4.38. The second-order valence-electron chi connectivity index (χ2n) is 5.35. The number of ether oxygens (including phenoxy) is 1. The number of amides is 2. The normalized spacial score (nSPS) is 28.3. The van der Waals surface area contributed by atoms with E-state index < -0.39 is 36.6 Å². The predicted octanol–water partition coefficient (Wildman–Crippen LogP) is 1.25. The van der Waals surface area contributed by atoms with Gasteiger partial charge in [0.15, 0.2) is 5.16 Å². The van der Waals surface area contributed by atoms with Crippen LogP contribution in [0.4, 0.5) is 0 Å². The zero-order valence-corrected chi connectivity index (χ0v) is 14.2. The van der Waals surface area contributed by atoms with Gasteiger partial charge >= 0.3 is 13.6 Å². The minimum Gasteiger partial charge on any atom is -0.468 e. The monoisotopic (exact) mass is 345 g/mol. The summed E-state index contributed by atoms with van der Waals surface area (Å²) >= 11 is 0. The van der Waals surface area contributed by atoms with E-state index in [2.05, 4.69) is 0 Å². The van der Waals surface area contributed by atoms with Crippen molar-refractivity contribution in [2.45, 2.75) is 36.9 Å². The zero-order chi connectivity index (χ0) is 17.3. The van der Waals surface area contributed by atoms with Crippen molar-refractivity contribution in [3.8, 4) is 0 Å². The van der Waals surface area contributed by atoms with Crippen LogP contribution in [0.1, 0.15) is 25.7 Å². The first-order valence-corrected chi connectivity index (χ1v) is 8.73. The first kappa shape index (κ1) is 17.8. The molecule has 0 saturated carbocycles. The predicted molar refractivity (Wildman–Crippen MR) is 79.6 cm³/mol. The number of hydrogen-bond acceptors (Lipinski definition) is 7. The number of carbonyl (C=O) groups is 3. The van der Waals surface area contributed by atoms with E-state index in [1.165, 1.54) is 6.08 Å². The van der Waals surface area contributed by atoms with Gasteiger partial charge in [0.25, 0.3) is 0 Å². The van der Waals surface area contributed by atoms with Crippen molar-refractivity contribution in [2.24, 2.45) is 0 Å². The van der Waals surface area contributed by atoms with Crippen molar-refractivity contribution in [3.05, 3.63) is 12.2 Å². The van der Waals surface area contributed by atoms with Crippen LogP contribution < -0.4 is 0 Å². The summed E-state index contributed by atoms with van der Waals surface area (Å²) < 4.78 is 28.2. The highest BCUT2D eigenvalue weighted by atomic mass is 31.2. The molecule has 128 valence electrons. The molecule has 0 radical (unpaired) electrons. The van der Waals surface area contributed by atoms with E-state index in [0.717, 1.165) is 26.2 Å². The van der Waals surface area contributed by atoms with Gasteiger partial charge in [-0.05, 0) is 12.8 Å². The largest absolute Gasteiger partial charge is 0.468 e. The number of esters is 1. The molecule has 2 atom stereocenters. The molecule has 1 aliphatic heterocycles. The van der Waals surface area contributed by atoms with Crippen LogP contribution in [0.15, 0.2) is 12.2 Å². The smallest absolute Gasteiger partial charge is 0.349 e. The summed E-state index contributed by atoms with van der Waals surface area (Å²) in [5.74, 6) is -1.66. The Balaban J connectivity index is 2.65. The molecule has 2 aliphatic rings. The van der Waals surface area contributed by atoms with E-state index in [4.69, 9.17) is 13.8 Å². The molecule has 0 aromatic rings. The minimum absolute atomic E-state index is 0.0602. The quantitative estimate of drug-likeness (QED) is 0.320. The molecule has 0 unspecified atom stereocenters. The third kappa shape index (κ3) is 2.55. The average molecular weight is 345 g/mol. The lowest BCUT2D eigenvalue weighted by atomic mass is 9.87. The molecular weight excluding hydrogens is 325 g/mol. The Hall–Kier alpha value is -1.50. The SMILES string of the molecule is COC(=O)[C@]1(P(=O)(OC)OC)CCC=C[C@H]1N1C(=O)CCC1=O. The number of hydrogen-bond donors (Lipinski definition) is 0. The van der Waals surface area contributed by atoms with Crippen LogP contribution in [-0.2, 0) is 32.7 Å². The number of rotatable bonds is 5. The van der Waals surface area contributed by atoms with E-state index in [-0.39, 0.29) is 19.3 Å². The molecule has 0 aromatic heterocycles. The fraction of sp³-hybridized carbons (Fsp3) is 0.643. The van der Waals surface area contributed by atoms with Gasteiger partial charge in [-0.15, -0.1) is 0 Å². The zero-order valence-electron chi connectivity index (χ0n) is 13.3. The fourth-order valence-corrected chi connectivity index (χ4v) is 5.29. The molecule has 23 heavy (non-hydrogen) atoms. The Morgan fingerprint density at radius 3 is 2.26 bits per heavy atom. The summed E-state index contributed by atoms with van der Waals surface area (Å²) in [6.45, 7) is 0. The summed E-state index contributed by atoms with van der Waals surface area (Å²) in [5.41, 5.74) is 0. The van der Waals surface area contributed by atoms with E-state index in [1.54, 1.807) is 6.08 Å². The third-order valence-corrected chi connectivity index (χ3v) is 6.99. The van der Waals surface area contributed by atoms with Crippen LogP contribution in [0.2, 0.25) is 0 Å². The van der Waals surface area contributed by atoms with Crippen molar-refractivity contribution >= 4 is 25.4 Å². The molecule has 0 spiro atoms. The van der Waals surface area contributed by atoms with Crippen LogP contribution >= 0.6 is 7.60 Å². The Morgan fingerprint density at radius 1 is 1.22 bits per heavy atom. The van der Waals surface area contributed by atoms with Crippen molar-refractivity contribution < 1.29 is 32.7 Å². The molecule has 1 fully saturated rings. The molecular formula is C14H20NO7P. The van der Waals surface area contributed by atoms with E-state index in [0.29, 0.717) is 6.42 Å². The highest BCUT2D eigenvalue weighted by Gasteiger charge is 2.65. The highest BCUT2D eigenvalue weighted by Crippen LogP contribution is 2.64. The molecule has 2 amide bonds. The van der Waals surface area contributed by atoms with Crippen LogP contribution in [0, 0.1) is 0 Å². The number of methoxy groups -OCH3 is 1. The fourth-order valence-electron chi connectivity index (χ4n) is 3.25. The van der Waals surface area contributed by atoms with Crippen molar-refractivity contribution in [1.29, 1.82) is 0 Å². The number of carbonyl (C=O) groups excluding carboxylic acids is 3. The Morgan fingerprint density at radius 2 is 1.78 bits per heavy atom. The van der Waals surface area contributed by atoms with Crippen LogP contribution in [0.5, 0.6) is 0 Å². The second-order valence-corrected chi connectivity index (χ2v) is 7.87. The highest BCUT2D eigenvalue weighted by molar-refractivity contribution is 7.57. The Kier molecular flexibility index (Phi) is 5.08. The van der Waals surface area contributed by atoms with E-state index in [9.17, 15) is 18.9 Å². The minimum atomic E-state index is -3.99. The Labute approximate surface area is 134 Å². The maximum atomic E-state index is 13.2. The van der Waals surface area contributed by atoms with Gasteiger partial charge in [0.1, 0.15) is 0 Å². The molecule has 1 saturated heterocycles. The van der Waals surface area contributed by atoms with Crippen LogP contribution in [0.25, 0.3) is 0 Å². The van der Waals surface area contributed by atoms with Crippen LogP contribution in [0.3, 0.4) is 0 Å². The lowest BCUT2D eigenvalue weighted by Gasteiger charge is -2.44. The van der Waals surface area contributed by atoms with Crippen LogP contribution in [-0.4, -0.2) is 55.2 Å². The maximum absolute atomic E-state index is 13.2. The van der Waals surface area contributed by atoms with Crippen molar-refractivity contribution in [2.75, 3.05) is 21.3 Å². The van der Waals surface area contributed by atoms with Crippen molar-refractivity contribution in [3.63, 3.8) is 0 Å². The first-order chi connectivity index (χ1) is 10.9. The lowest BCUT2D eigenvalue weighted by molar-refractivity contribution is -0.149. The van der Waals surface area contributed by atoms with Gasteiger partial charge in [-0.1, -0.05) is 12.2 Å². The maximum Gasteiger partial charge on any atom is 0.349 e. The standard InChI is InChI=1S/C14H20NO7P/c1-20-13(18)14(23(19,21-2)22-3)9-5-4-6-10(14)15-11(16)7-8-12(15)17/h4,6,10H,5,7-9H2,1-3H3/t10-,14+/m1/s1. The molecule has 2 rings (SSSR count). The lowest BCUT2D eigenvalue weighted by Crippen LogP contribution is -2.59. The van der Waals surface area contributed by atoms with Gasteiger partial charge in [-0.25, -0.2) is 0 Å². The van der Waals surface area contributed by atoms with Gasteiger partial charge in [-0.3, -0.25) is 23.8 Å². The molecule has 8 nitrogen and oxygen atoms in total. The number of nitrogens with zero attached hydrogens (tertiary/aromatic N) is 1. The Bertz CT molecular complexity index is 578. The molecule has 0 N–H and O–H groups in total.